The number of para-hydroxylation sites is 1. The van der Waals surface area contributed by atoms with Crippen molar-refractivity contribution in [2.45, 2.75) is 13.6 Å². The molecule has 0 spiro atoms. The van der Waals surface area contributed by atoms with E-state index in [1.807, 2.05) is 31.2 Å². The largest absolute Gasteiger partial charge is 0.488 e. The lowest BCUT2D eigenvalue weighted by Gasteiger charge is -2.08. The fourth-order valence-corrected chi connectivity index (χ4v) is 2.46. The number of aryl methyl sites for hydroxylation is 1. The molecule has 0 bridgehead atoms. The summed E-state index contributed by atoms with van der Waals surface area (Å²) >= 11 is 12.3. The van der Waals surface area contributed by atoms with Gasteiger partial charge in [0.05, 0.1) is 35.3 Å². The van der Waals surface area contributed by atoms with Gasteiger partial charge in [-0.1, -0.05) is 35.3 Å². The second-order valence-electron chi connectivity index (χ2n) is 5.32. The lowest BCUT2D eigenvalue weighted by molar-refractivity contribution is -0.122. The van der Waals surface area contributed by atoms with Gasteiger partial charge >= 0.3 is 6.68 Å². The number of nitrogens with one attached hydrogen (secondary N) is 1. The minimum atomic E-state index is -3.67. The molecule has 0 aliphatic heterocycles. The van der Waals surface area contributed by atoms with Crippen LogP contribution in [-0.2, 0) is 4.79 Å². The topological polar surface area (TPSA) is 102 Å². The Balaban J connectivity index is 0.000000604. The summed E-state index contributed by atoms with van der Waals surface area (Å²) in [6.07, 6.45) is 4.90. The van der Waals surface area contributed by atoms with Crippen LogP contribution >= 0.6 is 23.2 Å². The van der Waals surface area contributed by atoms with Crippen LogP contribution in [0.2, 0.25) is 10.0 Å². The Morgan fingerprint density at radius 2 is 1.90 bits per heavy atom. The molecule has 3 rings (SSSR count). The fourth-order valence-electron chi connectivity index (χ4n) is 2.07. The van der Waals surface area contributed by atoms with E-state index in [9.17, 15) is 13.2 Å². The number of nitrogens with zero attached hydrogens (tertiary/aromatic N) is 4. The van der Waals surface area contributed by atoms with E-state index < -0.39 is 6.68 Å². The van der Waals surface area contributed by atoms with Crippen molar-refractivity contribution in [1.82, 2.24) is 19.7 Å². The van der Waals surface area contributed by atoms with Gasteiger partial charge < -0.3 is 15.2 Å². The van der Waals surface area contributed by atoms with Crippen LogP contribution in [0.4, 0.5) is 19.0 Å². The van der Waals surface area contributed by atoms with Gasteiger partial charge in [0.25, 0.3) is 6.47 Å². The maximum atomic E-state index is 9.67. The minimum absolute atomic E-state index is 0.250. The van der Waals surface area contributed by atoms with Crippen molar-refractivity contribution in [3.8, 4) is 11.4 Å². The molecule has 0 unspecified atom stereocenters. The van der Waals surface area contributed by atoms with Crippen LogP contribution in [0.25, 0.3) is 5.69 Å². The number of ether oxygens (including phenoxy) is 1. The summed E-state index contributed by atoms with van der Waals surface area (Å²) in [7, 11) is 0. The summed E-state index contributed by atoms with van der Waals surface area (Å²) in [5, 5.41) is 15.4. The maximum Gasteiger partial charge on any atom is 0.379 e. The maximum absolute atomic E-state index is 9.67. The molecule has 1 aromatic carbocycles. The number of hydrogen-bond donors (Lipinski definition) is 2. The lowest BCUT2D eigenvalue weighted by Crippen LogP contribution is -2.13. The third-order valence-corrected chi connectivity index (χ3v) is 4.06. The fraction of sp³-hybridized carbons (Fsp3) is 0.222. The molecule has 168 valence electrons. The van der Waals surface area contributed by atoms with E-state index in [4.69, 9.17) is 37.8 Å². The van der Waals surface area contributed by atoms with Gasteiger partial charge in [-0.3, -0.25) is 4.79 Å². The predicted octanol–water partition coefficient (Wildman–Crippen LogP) is 4.65. The first kappa shape index (κ1) is 26.0. The van der Waals surface area contributed by atoms with Gasteiger partial charge in [-0.2, -0.15) is 18.3 Å². The van der Waals surface area contributed by atoms with E-state index in [0.29, 0.717) is 34.8 Å². The van der Waals surface area contributed by atoms with E-state index in [0.717, 1.165) is 11.4 Å². The third-order valence-electron chi connectivity index (χ3n) is 3.29. The smallest absolute Gasteiger partial charge is 0.379 e. The zero-order valence-electron chi connectivity index (χ0n) is 16.1. The molecule has 8 nitrogen and oxygen atoms in total. The highest BCUT2D eigenvalue weighted by molar-refractivity contribution is 6.33. The number of hydrogen-bond acceptors (Lipinski definition) is 6. The number of halogens is 5. The Morgan fingerprint density at radius 1 is 1.26 bits per heavy atom. The molecule has 31 heavy (non-hydrogen) atoms. The van der Waals surface area contributed by atoms with E-state index in [1.54, 1.807) is 17.1 Å². The number of alkyl halides is 3. The normalized spacial score (nSPS) is 9.77. The van der Waals surface area contributed by atoms with Gasteiger partial charge in [-0.05, 0) is 19.1 Å². The minimum Gasteiger partial charge on any atom is -0.488 e. The summed E-state index contributed by atoms with van der Waals surface area (Å²) in [4.78, 5) is 16.5. The highest BCUT2D eigenvalue weighted by Gasteiger charge is 2.07. The molecule has 0 atom stereocenters. The monoisotopic (exact) mass is 479 g/mol. The average molecular weight is 480 g/mol. The highest BCUT2D eigenvalue weighted by atomic mass is 35.5. The summed E-state index contributed by atoms with van der Waals surface area (Å²) in [6.45, 7) is -1.10. The van der Waals surface area contributed by atoms with Crippen LogP contribution in [0.1, 0.15) is 5.69 Å². The Morgan fingerprint density at radius 3 is 2.55 bits per heavy atom. The highest BCUT2D eigenvalue weighted by Crippen LogP contribution is 2.22. The predicted molar refractivity (Wildman–Crippen MR) is 110 cm³/mol. The number of carboxylic acid groups (broad SMARTS) is 1. The van der Waals surface area contributed by atoms with Crippen molar-refractivity contribution in [2.24, 2.45) is 0 Å². The third kappa shape index (κ3) is 9.53. The Kier molecular flexibility index (Phi) is 11.8. The molecule has 0 fully saturated rings. The molecule has 0 radical (unpaired) electrons. The number of carbonyl (C=O) groups is 1. The van der Waals surface area contributed by atoms with Gasteiger partial charge in [0.1, 0.15) is 23.8 Å². The second-order valence-corrected chi connectivity index (χ2v) is 6.11. The lowest BCUT2D eigenvalue weighted by atomic mass is 10.3. The van der Waals surface area contributed by atoms with E-state index in [1.165, 1.54) is 6.33 Å². The van der Waals surface area contributed by atoms with E-state index >= 15 is 0 Å². The van der Waals surface area contributed by atoms with Crippen LogP contribution in [-0.4, -0.2) is 51.2 Å². The molecule has 0 saturated carbocycles. The SMILES string of the molecule is Cc1ncnc(NCCOc2cnn(-c3ccccc3Cl)c2)c1Cl.FC(F)F.O=CO. The van der Waals surface area contributed by atoms with Crippen molar-refractivity contribution >= 4 is 35.5 Å². The molecule has 2 aromatic heterocycles. The molecule has 0 aliphatic rings. The van der Waals surface area contributed by atoms with E-state index in [-0.39, 0.29) is 6.47 Å². The van der Waals surface area contributed by atoms with Crippen molar-refractivity contribution in [3.05, 3.63) is 58.7 Å². The van der Waals surface area contributed by atoms with Gasteiger partial charge in [0, 0.05) is 0 Å². The molecule has 2 N–H and O–H groups in total. The first-order valence-electron chi connectivity index (χ1n) is 8.43. The summed E-state index contributed by atoms with van der Waals surface area (Å²) < 4.78 is 36.3. The number of anilines is 1. The molecule has 0 aliphatic carbocycles. The van der Waals surface area contributed by atoms with Crippen LogP contribution in [0, 0.1) is 6.92 Å². The molecule has 13 heteroatoms. The molecular formula is C18H18Cl2F3N5O3. The van der Waals surface area contributed by atoms with Crippen molar-refractivity contribution in [1.29, 1.82) is 0 Å². The molecular weight excluding hydrogens is 462 g/mol. The first-order valence-corrected chi connectivity index (χ1v) is 9.19. The number of rotatable bonds is 6. The molecule has 0 saturated heterocycles. The average Bonchev–Trinajstić information content (AvgIpc) is 3.17. The molecule has 2 heterocycles. The molecule has 0 amide bonds. The van der Waals surface area contributed by atoms with E-state index in [2.05, 4.69) is 20.4 Å². The van der Waals surface area contributed by atoms with Gasteiger partial charge in [0.2, 0.25) is 0 Å². The van der Waals surface area contributed by atoms with Gasteiger partial charge in [-0.25, -0.2) is 14.6 Å². The van der Waals surface area contributed by atoms with Crippen LogP contribution in [0.3, 0.4) is 0 Å². The zero-order chi connectivity index (χ0) is 23.2. The Bertz CT molecular complexity index is 945. The molecule has 3 aromatic rings. The van der Waals surface area contributed by atoms with Crippen LogP contribution in [0.15, 0.2) is 43.0 Å². The van der Waals surface area contributed by atoms with Crippen molar-refractivity contribution in [2.75, 3.05) is 18.5 Å². The van der Waals surface area contributed by atoms with Crippen LogP contribution in [0.5, 0.6) is 5.75 Å². The first-order chi connectivity index (χ1) is 14.8. The zero-order valence-corrected chi connectivity index (χ0v) is 17.6. The summed E-state index contributed by atoms with van der Waals surface area (Å²) in [5.74, 6) is 1.25. The quantitative estimate of drug-likeness (QED) is 0.391. The standard InChI is InChI=1S/C16H15Cl2N5O.CHF3.CH2O2/c1-11-15(18)16(21-10-20-11)19-6-7-24-12-8-22-23(9-12)14-5-3-2-4-13(14)17;2-1(3)4;2-1-3/h2-5,8-10H,6-7H2,1H3,(H,19,20,21);1H;1H,(H,2,3). The number of aromatic nitrogens is 4. The summed E-state index contributed by atoms with van der Waals surface area (Å²) in [5.41, 5.74) is 1.53. The second kappa shape index (κ2) is 14.0. The Hall–Kier alpha value is -3.05. The van der Waals surface area contributed by atoms with Crippen molar-refractivity contribution < 1.29 is 27.8 Å². The number of benzene rings is 1. The summed E-state index contributed by atoms with van der Waals surface area (Å²) in [6, 6.07) is 7.48. The van der Waals surface area contributed by atoms with Crippen LogP contribution < -0.4 is 10.1 Å². The van der Waals surface area contributed by atoms with Gasteiger partial charge in [-0.15, -0.1) is 0 Å². The Labute approximate surface area is 185 Å². The van der Waals surface area contributed by atoms with Gasteiger partial charge in [0.15, 0.2) is 5.75 Å². The van der Waals surface area contributed by atoms with Crippen molar-refractivity contribution in [3.63, 3.8) is 0 Å².